The number of nitrogens with zero attached hydrogens (tertiary/aromatic N) is 1. The van der Waals surface area contributed by atoms with Gasteiger partial charge in [-0.15, -0.1) is 0 Å². The lowest BCUT2D eigenvalue weighted by molar-refractivity contribution is -0.123. The molecule has 0 saturated carbocycles. The van der Waals surface area contributed by atoms with Crippen LogP contribution in [-0.2, 0) is 9.59 Å². The van der Waals surface area contributed by atoms with E-state index in [1.165, 1.54) is 13.3 Å². The maximum atomic E-state index is 11.8. The number of halogens is 1. The Labute approximate surface area is 173 Å². The van der Waals surface area contributed by atoms with Crippen molar-refractivity contribution in [3.63, 3.8) is 0 Å². The van der Waals surface area contributed by atoms with Gasteiger partial charge in [0.1, 0.15) is 5.75 Å². The molecule has 2 amide bonds. The van der Waals surface area contributed by atoms with E-state index in [9.17, 15) is 9.59 Å². The van der Waals surface area contributed by atoms with Crippen LogP contribution in [0.3, 0.4) is 0 Å². The number of rotatable bonds is 10. The highest BCUT2D eigenvalue weighted by molar-refractivity contribution is 6.30. The molecule has 8 nitrogen and oxygen atoms in total. The number of amides is 2. The van der Waals surface area contributed by atoms with Gasteiger partial charge in [-0.25, -0.2) is 5.43 Å². The van der Waals surface area contributed by atoms with Gasteiger partial charge in [-0.1, -0.05) is 11.6 Å². The molecule has 0 bridgehead atoms. The molecule has 154 valence electrons. The highest BCUT2D eigenvalue weighted by Crippen LogP contribution is 2.27. The van der Waals surface area contributed by atoms with Gasteiger partial charge in [-0.05, 0) is 55.0 Å². The Balaban J connectivity index is 1.85. The summed E-state index contributed by atoms with van der Waals surface area (Å²) in [5.41, 5.74) is 3.05. The van der Waals surface area contributed by atoms with Crippen LogP contribution in [0.1, 0.15) is 12.5 Å². The van der Waals surface area contributed by atoms with Gasteiger partial charge < -0.3 is 19.5 Å². The van der Waals surface area contributed by atoms with Crippen LogP contribution in [0.2, 0.25) is 5.02 Å². The fourth-order valence-electron chi connectivity index (χ4n) is 2.17. The summed E-state index contributed by atoms with van der Waals surface area (Å²) in [5.74, 6) is 0.766. The predicted octanol–water partition coefficient (Wildman–Crippen LogP) is 2.39. The minimum atomic E-state index is -0.412. The van der Waals surface area contributed by atoms with Crippen LogP contribution in [0.15, 0.2) is 47.6 Å². The van der Waals surface area contributed by atoms with Gasteiger partial charge in [-0.3, -0.25) is 9.59 Å². The third-order valence-corrected chi connectivity index (χ3v) is 3.76. The first-order valence-electron chi connectivity index (χ1n) is 8.79. The molecule has 0 atom stereocenters. The molecule has 2 aromatic rings. The van der Waals surface area contributed by atoms with E-state index in [4.69, 9.17) is 25.8 Å². The number of nitrogens with one attached hydrogen (secondary N) is 2. The van der Waals surface area contributed by atoms with Gasteiger partial charge in [0.15, 0.2) is 24.7 Å². The zero-order valence-corrected chi connectivity index (χ0v) is 16.9. The lowest BCUT2D eigenvalue weighted by Gasteiger charge is -2.11. The molecule has 0 fully saturated rings. The topological polar surface area (TPSA) is 98.2 Å². The van der Waals surface area contributed by atoms with Crippen molar-refractivity contribution in [3.05, 3.63) is 53.1 Å². The Bertz CT molecular complexity index is 856. The minimum Gasteiger partial charge on any atom is -0.493 e. The van der Waals surface area contributed by atoms with Crippen molar-refractivity contribution in [3.8, 4) is 17.2 Å². The molecule has 2 aromatic carbocycles. The number of methoxy groups -OCH3 is 1. The smallest absolute Gasteiger partial charge is 0.277 e. The van der Waals surface area contributed by atoms with E-state index in [-0.39, 0.29) is 19.1 Å². The predicted molar refractivity (Wildman–Crippen MR) is 110 cm³/mol. The molecule has 2 rings (SSSR count). The highest BCUT2D eigenvalue weighted by Gasteiger charge is 2.08. The summed E-state index contributed by atoms with van der Waals surface area (Å²) in [4.78, 5) is 23.3. The van der Waals surface area contributed by atoms with Gasteiger partial charge in [0.25, 0.3) is 11.8 Å². The number of likely N-dealkylation sites (N-methyl/N-ethyl adjacent to an activating group) is 1. The minimum absolute atomic E-state index is 0.110. The second-order valence-electron chi connectivity index (χ2n) is 5.69. The molecule has 2 N–H and O–H groups in total. The lowest BCUT2D eigenvalue weighted by Crippen LogP contribution is -2.28. The maximum absolute atomic E-state index is 11.8. The standard InChI is InChI=1S/C20H22ClN3O5/c1-3-22-19(25)12-29-17-9-4-14(10-18(17)27-2)11-23-24-20(26)13-28-16-7-5-15(21)6-8-16/h4-11H,3,12-13H2,1-2H3,(H,22,25)(H,24,26)/b23-11-. The summed E-state index contributed by atoms with van der Waals surface area (Å²) in [6.45, 7) is 2.07. The number of benzene rings is 2. The van der Waals surface area contributed by atoms with E-state index in [2.05, 4.69) is 15.8 Å². The summed E-state index contributed by atoms with van der Waals surface area (Å²) in [6, 6.07) is 11.7. The summed E-state index contributed by atoms with van der Waals surface area (Å²) in [5, 5.41) is 7.12. The third kappa shape index (κ3) is 7.71. The molecule has 9 heteroatoms. The van der Waals surface area contributed by atoms with Crippen LogP contribution >= 0.6 is 11.6 Å². The molecule has 0 aliphatic heterocycles. The number of carbonyl (C=O) groups excluding carboxylic acids is 2. The first-order chi connectivity index (χ1) is 14.0. The maximum Gasteiger partial charge on any atom is 0.277 e. The van der Waals surface area contributed by atoms with E-state index in [1.54, 1.807) is 42.5 Å². The van der Waals surface area contributed by atoms with E-state index in [1.807, 2.05) is 6.92 Å². The van der Waals surface area contributed by atoms with Crippen LogP contribution in [0.5, 0.6) is 17.2 Å². The number of carbonyl (C=O) groups is 2. The second-order valence-corrected chi connectivity index (χ2v) is 6.12. The third-order valence-electron chi connectivity index (χ3n) is 3.51. The molecule has 0 aliphatic rings. The quantitative estimate of drug-likeness (QED) is 0.455. The molecule has 0 aromatic heterocycles. The van der Waals surface area contributed by atoms with Crippen LogP contribution in [0.25, 0.3) is 0 Å². The number of ether oxygens (including phenoxy) is 3. The van der Waals surface area contributed by atoms with E-state index < -0.39 is 5.91 Å². The first kappa shape index (κ1) is 22.0. The van der Waals surface area contributed by atoms with Crippen molar-refractivity contribution in [2.75, 3.05) is 26.9 Å². The van der Waals surface area contributed by atoms with Gasteiger partial charge >= 0.3 is 0 Å². The Kier molecular flexibility index (Phi) is 8.78. The molecule has 0 heterocycles. The summed E-state index contributed by atoms with van der Waals surface area (Å²) < 4.78 is 16.0. The largest absolute Gasteiger partial charge is 0.493 e. The van der Waals surface area contributed by atoms with Gasteiger partial charge in [0, 0.05) is 11.6 Å². The van der Waals surface area contributed by atoms with Gasteiger partial charge in [-0.2, -0.15) is 5.10 Å². The highest BCUT2D eigenvalue weighted by atomic mass is 35.5. The van der Waals surface area contributed by atoms with Crippen LogP contribution in [-0.4, -0.2) is 44.9 Å². The second kappa shape index (κ2) is 11.6. The zero-order chi connectivity index (χ0) is 21.1. The summed E-state index contributed by atoms with van der Waals surface area (Å²) >= 11 is 5.79. The molecule has 0 radical (unpaired) electrons. The Morgan fingerprint density at radius 2 is 1.76 bits per heavy atom. The lowest BCUT2D eigenvalue weighted by atomic mass is 10.2. The van der Waals surface area contributed by atoms with E-state index in [0.717, 1.165) is 0 Å². The van der Waals surface area contributed by atoms with Crippen molar-refractivity contribution in [1.29, 1.82) is 0 Å². The molecule has 0 saturated heterocycles. The molecular weight excluding hydrogens is 398 g/mol. The van der Waals surface area contributed by atoms with Crippen molar-refractivity contribution in [1.82, 2.24) is 10.7 Å². The van der Waals surface area contributed by atoms with Crippen molar-refractivity contribution < 1.29 is 23.8 Å². The molecule has 0 unspecified atom stereocenters. The average molecular weight is 420 g/mol. The van der Waals surface area contributed by atoms with Crippen LogP contribution < -0.4 is 25.0 Å². The zero-order valence-electron chi connectivity index (χ0n) is 16.1. The van der Waals surface area contributed by atoms with Crippen LogP contribution in [0.4, 0.5) is 0 Å². The Morgan fingerprint density at radius 1 is 1.03 bits per heavy atom. The molecule has 0 spiro atoms. The fraction of sp³-hybridized carbons (Fsp3) is 0.250. The number of hydrogen-bond donors (Lipinski definition) is 2. The first-order valence-corrected chi connectivity index (χ1v) is 9.17. The summed E-state index contributed by atoms with van der Waals surface area (Å²) in [7, 11) is 1.49. The van der Waals surface area contributed by atoms with Crippen LogP contribution in [0, 0.1) is 0 Å². The number of hydrogen-bond acceptors (Lipinski definition) is 6. The normalized spacial score (nSPS) is 10.4. The monoisotopic (exact) mass is 419 g/mol. The van der Waals surface area contributed by atoms with Gasteiger partial charge in [0.2, 0.25) is 0 Å². The molecule has 0 aliphatic carbocycles. The van der Waals surface area contributed by atoms with Gasteiger partial charge in [0.05, 0.1) is 13.3 Å². The summed E-state index contributed by atoms with van der Waals surface area (Å²) in [6.07, 6.45) is 1.45. The SMILES string of the molecule is CCNC(=O)COc1ccc(/C=N\NC(=O)COc2ccc(Cl)cc2)cc1OC. The van der Waals surface area contributed by atoms with Crippen molar-refractivity contribution in [2.45, 2.75) is 6.92 Å². The van der Waals surface area contributed by atoms with Crippen molar-refractivity contribution in [2.24, 2.45) is 5.10 Å². The fourth-order valence-corrected chi connectivity index (χ4v) is 2.29. The Hall–Kier alpha value is -3.26. The van der Waals surface area contributed by atoms with Crippen molar-refractivity contribution >= 4 is 29.6 Å². The number of hydrazone groups is 1. The molecule has 29 heavy (non-hydrogen) atoms. The van der Waals surface area contributed by atoms with E-state index >= 15 is 0 Å². The Morgan fingerprint density at radius 3 is 2.45 bits per heavy atom. The molecular formula is C20H22ClN3O5. The van der Waals surface area contributed by atoms with E-state index in [0.29, 0.717) is 34.4 Å². The average Bonchev–Trinajstić information content (AvgIpc) is 2.72.